The highest BCUT2D eigenvalue weighted by Gasteiger charge is 2.08. The molecule has 146 valence electrons. The standard InChI is InChI=1S/C26H20N2O2/c1-2-8-22(18-30-24-14-4-10-20-12-6-16-28-26(20)24)21(7-1)17-29-23-13-3-9-19-11-5-15-27-25(19)23/h1-16H,17-18H2. The Balaban J connectivity index is 1.35. The van der Waals surface area contributed by atoms with Crippen LogP contribution in [0.2, 0.25) is 0 Å². The Morgan fingerprint density at radius 2 is 0.967 bits per heavy atom. The van der Waals surface area contributed by atoms with E-state index >= 15 is 0 Å². The van der Waals surface area contributed by atoms with Crippen LogP contribution in [-0.4, -0.2) is 9.97 Å². The third-order valence-corrected chi connectivity index (χ3v) is 5.08. The van der Waals surface area contributed by atoms with E-state index in [9.17, 15) is 0 Å². The van der Waals surface area contributed by atoms with Gasteiger partial charge in [-0.15, -0.1) is 0 Å². The number of ether oxygens (including phenoxy) is 2. The molecule has 30 heavy (non-hydrogen) atoms. The van der Waals surface area contributed by atoms with Crippen molar-refractivity contribution in [3.8, 4) is 11.5 Å². The van der Waals surface area contributed by atoms with Gasteiger partial charge < -0.3 is 9.47 Å². The number of pyridine rings is 2. The van der Waals surface area contributed by atoms with Crippen molar-refractivity contribution in [2.75, 3.05) is 0 Å². The van der Waals surface area contributed by atoms with Crippen molar-refractivity contribution < 1.29 is 9.47 Å². The van der Waals surface area contributed by atoms with Gasteiger partial charge in [-0.3, -0.25) is 9.97 Å². The Morgan fingerprint density at radius 1 is 0.500 bits per heavy atom. The quantitative estimate of drug-likeness (QED) is 0.359. The molecule has 0 atom stereocenters. The molecule has 0 unspecified atom stereocenters. The maximum Gasteiger partial charge on any atom is 0.146 e. The number of hydrogen-bond donors (Lipinski definition) is 0. The van der Waals surface area contributed by atoms with Gasteiger partial charge >= 0.3 is 0 Å². The molecule has 5 rings (SSSR count). The fourth-order valence-electron chi connectivity index (χ4n) is 3.54. The van der Waals surface area contributed by atoms with Crippen LogP contribution in [0.3, 0.4) is 0 Å². The molecule has 0 aliphatic heterocycles. The zero-order chi connectivity index (χ0) is 20.2. The highest BCUT2D eigenvalue weighted by atomic mass is 16.5. The Labute approximate surface area is 174 Å². The second kappa shape index (κ2) is 8.21. The van der Waals surface area contributed by atoms with Crippen LogP contribution >= 0.6 is 0 Å². The number of rotatable bonds is 6. The first-order chi connectivity index (χ1) is 14.9. The number of fused-ring (bicyclic) bond motifs is 2. The van der Waals surface area contributed by atoms with Gasteiger partial charge in [0.05, 0.1) is 0 Å². The van der Waals surface area contributed by atoms with Crippen molar-refractivity contribution in [2.24, 2.45) is 0 Å². The van der Waals surface area contributed by atoms with Crippen LogP contribution in [0.25, 0.3) is 21.8 Å². The van der Waals surface area contributed by atoms with Gasteiger partial charge in [-0.05, 0) is 35.4 Å². The smallest absolute Gasteiger partial charge is 0.146 e. The lowest BCUT2D eigenvalue weighted by Gasteiger charge is -2.14. The predicted octanol–water partition coefficient (Wildman–Crippen LogP) is 5.94. The van der Waals surface area contributed by atoms with Crippen LogP contribution in [0.5, 0.6) is 11.5 Å². The van der Waals surface area contributed by atoms with Gasteiger partial charge in [-0.25, -0.2) is 0 Å². The van der Waals surface area contributed by atoms with E-state index in [1.807, 2.05) is 72.8 Å². The van der Waals surface area contributed by atoms with Crippen molar-refractivity contribution in [1.29, 1.82) is 0 Å². The second-order valence-corrected chi connectivity index (χ2v) is 7.01. The molecular formula is C26H20N2O2. The summed E-state index contributed by atoms with van der Waals surface area (Å²) in [5.41, 5.74) is 3.91. The molecule has 0 fully saturated rings. The average molecular weight is 392 g/mol. The Morgan fingerprint density at radius 3 is 1.47 bits per heavy atom. The van der Waals surface area contributed by atoms with Gasteiger partial charge in [0, 0.05) is 23.2 Å². The lowest BCUT2D eigenvalue weighted by Crippen LogP contribution is -2.04. The predicted molar refractivity (Wildman–Crippen MR) is 119 cm³/mol. The maximum atomic E-state index is 6.14. The summed E-state index contributed by atoms with van der Waals surface area (Å²) in [6.07, 6.45) is 3.57. The van der Waals surface area contributed by atoms with Crippen LogP contribution in [0.15, 0.2) is 97.3 Å². The summed E-state index contributed by atoms with van der Waals surface area (Å²) in [5, 5.41) is 2.13. The van der Waals surface area contributed by atoms with Gasteiger partial charge in [0.25, 0.3) is 0 Å². The van der Waals surface area contributed by atoms with E-state index in [2.05, 4.69) is 22.1 Å². The molecule has 3 aromatic carbocycles. The van der Waals surface area contributed by atoms with Crippen LogP contribution in [0.4, 0.5) is 0 Å². The van der Waals surface area contributed by atoms with E-state index in [1.165, 1.54) is 0 Å². The molecule has 0 aliphatic rings. The maximum absolute atomic E-state index is 6.14. The molecule has 0 spiro atoms. The number of aromatic nitrogens is 2. The van der Waals surface area contributed by atoms with Crippen LogP contribution in [0.1, 0.15) is 11.1 Å². The van der Waals surface area contributed by atoms with Gasteiger partial charge in [-0.1, -0.05) is 60.7 Å². The Kier molecular flexibility index (Phi) is 4.96. The lowest BCUT2D eigenvalue weighted by molar-refractivity contribution is 0.288. The van der Waals surface area contributed by atoms with Gasteiger partial charge in [-0.2, -0.15) is 0 Å². The van der Waals surface area contributed by atoms with Crippen LogP contribution in [0, 0.1) is 0 Å². The van der Waals surface area contributed by atoms with Crippen molar-refractivity contribution in [2.45, 2.75) is 13.2 Å². The third kappa shape index (κ3) is 3.67. The summed E-state index contributed by atoms with van der Waals surface area (Å²) in [6, 6.07) is 28.1. The highest BCUT2D eigenvalue weighted by Crippen LogP contribution is 2.26. The first-order valence-electron chi connectivity index (χ1n) is 9.88. The summed E-state index contributed by atoms with van der Waals surface area (Å²) in [7, 11) is 0. The number of benzene rings is 3. The van der Waals surface area contributed by atoms with E-state index in [0.717, 1.165) is 44.4 Å². The first-order valence-corrected chi connectivity index (χ1v) is 9.88. The Bertz CT molecular complexity index is 1200. The molecule has 0 saturated carbocycles. The van der Waals surface area contributed by atoms with Gasteiger partial charge in [0.2, 0.25) is 0 Å². The van der Waals surface area contributed by atoms with Crippen molar-refractivity contribution in [1.82, 2.24) is 9.97 Å². The van der Waals surface area contributed by atoms with E-state index in [0.29, 0.717) is 13.2 Å². The fraction of sp³-hybridized carbons (Fsp3) is 0.0769. The second-order valence-electron chi connectivity index (χ2n) is 7.01. The monoisotopic (exact) mass is 392 g/mol. The van der Waals surface area contributed by atoms with Crippen molar-refractivity contribution in [3.63, 3.8) is 0 Å². The SMILES string of the molecule is c1ccc(COc2cccc3cccnc23)c(COc2cccc3cccnc23)c1. The minimum atomic E-state index is 0.447. The molecule has 0 bridgehead atoms. The molecule has 0 aliphatic carbocycles. The molecule has 0 N–H and O–H groups in total. The molecule has 0 radical (unpaired) electrons. The molecule has 5 aromatic rings. The first kappa shape index (κ1) is 18.1. The molecular weight excluding hydrogens is 372 g/mol. The number of hydrogen-bond acceptors (Lipinski definition) is 4. The molecule has 2 aromatic heterocycles. The van der Waals surface area contributed by atoms with E-state index in [1.54, 1.807) is 12.4 Å². The summed E-state index contributed by atoms with van der Waals surface area (Å²) in [4.78, 5) is 8.93. The largest absolute Gasteiger partial charge is 0.487 e. The minimum absolute atomic E-state index is 0.447. The lowest BCUT2D eigenvalue weighted by atomic mass is 10.1. The summed E-state index contributed by atoms with van der Waals surface area (Å²) >= 11 is 0. The minimum Gasteiger partial charge on any atom is -0.487 e. The molecule has 2 heterocycles. The molecule has 4 nitrogen and oxygen atoms in total. The molecule has 0 saturated heterocycles. The summed E-state index contributed by atoms with van der Waals surface area (Å²) in [5.74, 6) is 1.56. The summed E-state index contributed by atoms with van der Waals surface area (Å²) in [6.45, 7) is 0.895. The van der Waals surface area contributed by atoms with Crippen LogP contribution < -0.4 is 9.47 Å². The Hall–Kier alpha value is -3.92. The molecule has 0 amide bonds. The summed E-state index contributed by atoms with van der Waals surface area (Å²) < 4.78 is 12.3. The van der Waals surface area contributed by atoms with E-state index < -0.39 is 0 Å². The van der Waals surface area contributed by atoms with E-state index in [-0.39, 0.29) is 0 Å². The van der Waals surface area contributed by atoms with Gasteiger partial charge in [0.15, 0.2) is 0 Å². The number of nitrogens with zero attached hydrogens (tertiary/aromatic N) is 2. The van der Waals surface area contributed by atoms with Gasteiger partial charge in [0.1, 0.15) is 35.7 Å². The topological polar surface area (TPSA) is 44.2 Å². The van der Waals surface area contributed by atoms with E-state index in [4.69, 9.17) is 9.47 Å². The highest BCUT2D eigenvalue weighted by molar-refractivity contribution is 5.84. The average Bonchev–Trinajstić information content (AvgIpc) is 2.82. The fourth-order valence-corrected chi connectivity index (χ4v) is 3.54. The van der Waals surface area contributed by atoms with Crippen LogP contribution in [-0.2, 0) is 13.2 Å². The van der Waals surface area contributed by atoms with Crippen molar-refractivity contribution in [3.05, 3.63) is 108 Å². The molecule has 4 heteroatoms. The van der Waals surface area contributed by atoms with Crippen molar-refractivity contribution >= 4 is 21.8 Å². The normalized spacial score (nSPS) is 10.9. The zero-order valence-electron chi connectivity index (χ0n) is 16.4. The zero-order valence-corrected chi connectivity index (χ0v) is 16.4. The third-order valence-electron chi connectivity index (χ3n) is 5.08. The number of para-hydroxylation sites is 2.